The SMILES string of the molecule is CN=C(NCCc1ccc(OCC(C)C)cc1)NCC1CC1. The standard InChI is InChI=1S/C18H29N3O/c1-14(2)13-22-17-8-6-15(7-9-17)10-11-20-18(19-3)21-12-16-4-5-16/h6-9,14,16H,4-5,10-13H2,1-3H3,(H2,19,20,21). The van der Waals surface area contributed by atoms with Crippen molar-refractivity contribution in [1.82, 2.24) is 10.6 Å². The predicted octanol–water partition coefficient (Wildman–Crippen LogP) is 2.84. The first-order valence-corrected chi connectivity index (χ1v) is 8.33. The minimum absolute atomic E-state index is 0.554. The summed E-state index contributed by atoms with van der Waals surface area (Å²) in [7, 11) is 1.82. The van der Waals surface area contributed by atoms with E-state index in [0.29, 0.717) is 5.92 Å². The molecule has 0 radical (unpaired) electrons. The molecule has 4 heteroatoms. The number of guanidine groups is 1. The molecule has 1 aromatic carbocycles. The summed E-state index contributed by atoms with van der Waals surface area (Å²) < 4.78 is 5.70. The van der Waals surface area contributed by atoms with Gasteiger partial charge in [0.1, 0.15) is 5.75 Å². The van der Waals surface area contributed by atoms with Gasteiger partial charge in [-0.15, -0.1) is 0 Å². The number of hydrogen-bond donors (Lipinski definition) is 2. The van der Waals surface area contributed by atoms with Gasteiger partial charge < -0.3 is 15.4 Å². The zero-order valence-corrected chi connectivity index (χ0v) is 14.1. The van der Waals surface area contributed by atoms with Crippen LogP contribution < -0.4 is 15.4 Å². The second kappa shape index (κ2) is 8.66. The molecule has 0 unspecified atom stereocenters. The maximum atomic E-state index is 5.70. The maximum absolute atomic E-state index is 5.70. The fourth-order valence-corrected chi connectivity index (χ4v) is 2.12. The topological polar surface area (TPSA) is 45.7 Å². The van der Waals surface area contributed by atoms with Gasteiger partial charge in [-0.2, -0.15) is 0 Å². The summed E-state index contributed by atoms with van der Waals surface area (Å²) in [5.41, 5.74) is 1.31. The highest BCUT2D eigenvalue weighted by atomic mass is 16.5. The van der Waals surface area contributed by atoms with Crippen LogP contribution in [0, 0.1) is 11.8 Å². The summed E-state index contributed by atoms with van der Waals surface area (Å²) in [5, 5.41) is 6.74. The van der Waals surface area contributed by atoms with E-state index in [9.17, 15) is 0 Å². The van der Waals surface area contributed by atoms with Crippen molar-refractivity contribution in [1.29, 1.82) is 0 Å². The van der Waals surface area contributed by atoms with Gasteiger partial charge in [-0.1, -0.05) is 26.0 Å². The lowest BCUT2D eigenvalue weighted by atomic mass is 10.1. The fraction of sp³-hybridized carbons (Fsp3) is 0.611. The van der Waals surface area contributed by atoms with Crippen LogP contribution in [0.5, 0.6) is 5.75 Å². The Labute approximate surface area is 134 Å². The largest absolute Gasteiger partial charge is 0.493 e. The molecule has 1 saturated carbocycles. The van der Waals surface area contributed by atoms with Crippen LogP contribution in [0.2, 0.25) is 0 Å². The van der Waals surface area contributed by atoms with Crippen LogP contribution in [-0.2, 0) is 6.42 Å². The lowest BCUT2D eigenvalue weighted by Crippen LogP contribution is -2.39. The van der Waals surface area contributed by atoms with Crippen LogP contribution in [0.3, 0.4) is 0 Å². The average molecular weight is 303 g/mol. The van der Waals surface area contributed by atoms with E-state index in [-0.39, 0.29) is 0 Å². The number of nitrogens with zero attached hydrogens (tertiary/aromatic N) is 1. The van der Waals surface area contributed by atoms with Crippen molar-refractivity contribution in [2.75, 3.05) is 26.7 Å². The van der Waals surface area contributed by atoms with E-state index in [1.807, 2.05) is 7.05 Å². The summed E-state index contributed by atoms with van der Waals surface area (Å²) in [4.78, 5) is 4.25. The van der Waals surface area contributed by atoms with Gasteiger partial charge in [-0.05, 0) is 48.8 Å². The highest BCUT2D eigenvalue weighted by molar-refractivity contribution is 5.79. The van der Waals surface area contributed by atoms with E-state index in [1.165, 1.54) is 18.4 Å². The average Bonchev–Trinajstić information content (AvgIpc) is 3.34. The number of ether oxygens (including phenoxy) is 1. The number of benzene rings is 1. The van der Waals surface area contributed by atoms with Gasteiger partial charge in [0, 0.05) is 20.1 Å². The Balaban J connectivity index is 1.67. The number of hydrogen-bond acceptors (Lipinski definition) is 2. The van der Waals surface area contributed by atoms with Gasteiger partial charge in [0.2, 0.25) is 0 Å². The number of aliphatic imine (C=N–C) groups is 1. The maximum Gasteiger partial charge on any atom is 0.190 e. The molecule has 1 aliphatic carbocycles. The molecule has 122 valence electrons. The third-order valence-corrected chi connectivity index (χ3v) is 3.69. The van der Waals surface area contributed by atoms with E-state index in [2.05, 4.69) is 53.7 Å². The van der Waals surface area contributed by atoms with Crippen molar-refractivity contribution in [2.45, 2.75) is 33.1 Å². The van der Waals surface area contributed by atoms with Crippen molar-refractivity contribution in [2.24, 2.45) is 16.8 Å². The second-order valence-electron chi connectivity index (χ2n) is 6.42. The third kappa shape index (κ3) is 6.37. The summed E-state index contributed by atoms with van der Waals surface area (Å²) in [5.74, 6) is 3.27. The van der Waals surface area contributed by atoms with Crippen LogP contribution in [-0.4, -0.2) is 32.7 Å². The van der Waals surface area contributed by atoms with Gasteiger partial charge in [0.25, 0.3) is 0 Å². The van der Waals surface area contributed by atoms with Crippen molar-refractivity contribution < 1.29 is 4.74 Å². The van der Waals surface area contributed by atoms with E-state index in [4.69, 9.17) is 4.74 Å². The van der Waals surface area contributed by atoms with Crippen LogP contribution in [0.4, 0.5) is 0 Å². The first kappa shape index (κ1) is 16.7. The van der Waals surface area contributed by atoms with Gasteiger partial charge in [0.15, 0.2) is 5.96 Å². The van der Waals surface area contributed by atoms with Gasteiger partial charge in [-0.25, -0.2) is 0 Å². The van der Waals surface area contributed by atoms with Crippen LogP contribution in [0.15, 0.2) is 29.3 Å². The number of nitrogens with one attached hydrogen (secondary N) is 2. The summed E-state index contributed by atoms with van der Waals surface area (Å²) in [6.45, 7) is 7.01. The van der Waals surface area contributed by atoms with Crippen LogP contribution >= 0.6 is 0 Å². The molecule has 1 fully saturated rings. The highest BCUT2D eigenvalue weighted by Gasteiger charge is 2.20. The fourth-order valence-electron chi connectivity index (χ4n) is 2.12. The van der Waals surface area contributed by atoms with E-state index in [0.717, 1.165) is 43.7 Å². The Kier molecular flexibility index (Phi) is 6.56. The highest BCUT2D eigenvalue weighted by Crippen LogP contribution is 2.27. The molecule has 0 aliphatic heterocycles. The monoisotopic (exact) mass is 303 g/mol. The molecule has 1 aliphatic rings. The zero-order chi connectivity index (χ0) is 15.8. The van der Waals surface area contributed by atoms with Gasteiger partial charge in [0.05, 0.1) is 6.61 Å². The molecule has 0 spiro atoms. The minimum Gasteiger partial charge on any atom is -0.493 e. The van der Waals surface area contributed by atoms with E-state index >= 15 is 0 Å². The lowest BCUT2D eigenvalue weighted by molar-refractivity contribution is 0.271. The molecule has 0 saturated heterocycles. The normalized spacial score (nSPS) is 15.0. The molecule has 0 bridgehead atoms. The number of rotatable bonds is 8. The second-order valence-corrected chi connectivity index (χ2v) is 6.42. The Hall–Kier alpha value is -1.71. The molecule has 2 N–H and O–H groups in total. The molecular formula is C18H29N3O. The van der Waals surface area contributed by atoms with Crippen molar-refractivity contribution >= 4 is 5.96 Å². The molecule has 0 amide bonds. The summed E-state index contributed by atoms with van der Waals surface area (Å²) >= 11 is 0. The molecule has 2 rings (SSSR count). The Morgan fingerprint density at radius 3 is 2.55 bits per heavy atom. The first-order valence-electron chi connectivity index (χ1n) is 8.33. The van der Waals surface area contributed by atoms with Crippen molar-refractivity contribution in [3.63, 3.8) is 0 Å². The van der Waals surface area contributed by atoms with Crippen molar-refractivity contribution in [3.05, 3.63) is 29.8 Å². The first-order chi connectivity index (χ1) is 10.7. The Morgan fingerprint density at radius 2 is 1.95 bits per heavy atom. The van der Waals surface area contributed by atoms with Crippen LogP contribution in [0.1, 0.15) is 32.3 Å². The quantitative estimate of drug-likeness (QED) is 0.573. The summed E-state index contributed by atoms with van der Waals surface area (Å²) in [6.07, 6.45) is 3.69. The molecule has 22 heavy (non-hydrogen) atoms. The molecular weight excluding hydrogens is 274 g/mol. The third-order valence-electron chi connectivity index (χ3n) is 3.69. The Morgan fingerprint density at radius 1 is 1.23 bits per heavy atom. The predicted molar refractivity (Wildman–Crippen MR) is 92.6 cm³/mol. The van der Waals surface area contributed by atoms with Gasteiger partial charge >= 0.3 is 0 Å². The van der Waals surface area contributed by atoms with E-state index < -0.39 is 0 Å². The lowest BCUT2D eigenvalue weighted by Gasteiger charge is -2.12. The van der Waals surface area contributed by atoms with Crippen molar-refractivity contribution in [3.8, 4) is 5.75 Å². The smallest absolute Gasteiger partial charge is 0.190 e. The summed E-state index contributed by atoms with van der Waals surface area (Å²) in [6, 6.07) is 8.38. The van der Waals surface area contributed by atoms with Gasteiger partial charge in [-0.3, -0.25) is 4.99 Å². The van der Waals surface area contributed by atoms with Crippen LogP contribution in [0.25, 0.3) is 0 Å². The molecule has 0 atom stereocenters. The molecule has 0 heterocycles. The minimum atomic E-state index is 0.554. The molecule has 4 nitrogen and oxygen atoms in total. The Bertz CT molecular complexity index is 464. The molecule has 0 aromatic heterocycles. The zero-order valence-electron chi connectivity index (χ0n) is 14.1. The van der Waals surface area contributed by atoms with E-state index in [1.54, 1.807) is 0 Å². The molecule has 1 aromatic rings.